The highest BCUT2D eigenvalue weighted by atomic mass is 16.6. The Hall–Kier alpha value is -3.62. The van der Waals surface area contributed by atoms with E-state index < -0.39 is 17.4 Å². The molecular weight excluding hydrogens is 354 g/mol. The lowest BCUT2D eigenvalue weighted by atomic mass is 10.1. The molecule has 1 aliphatic rings. The summed E-state index contributed by atoms with van der Waals surface area (Å²) in [5.41, 5.74) is 3.48. The first kappa shape index (κ1) is 18.2. The molecule has 1 aliphatic heterocycles. The van der Waals surface area contributed by atoms with Crippen LogP contribution in [0.3, 0.4) is 0 Å². The zero-order valence-corrected chi connectivity index (χ0v) is 14.5. The van der Waals surface area contributed by atoms with Gasteiger partial charge in [0.1, 0.15) is 13.2 Å². The quantitative estimate of drug-likeness (QED) is 0.474. The Morgan fingerprint density at radius 1 is 1.22 bits per heavy atom. The maximum Gasteiger partial charge on any atom is 0.310 e. The van der Waals surface area contributed by atoms with Gasteiger partial charge in [-0.05, 0) is 31.2 Å². The van der Waals surface area contributed by atoms with Crippen LogP contribution in [0.4, 0.5) is 5.69 Å². The van der Waals surface area contributed by atoms with E-state index in [1.165, 1.54) is 18.2 Å². The average Bonchev–Trinajstić information content (AvgIpc) is 2.70. The number of hydrogen-bond donors (Lipinski definition) is 1. The average molecular weight is 371 g/mol. The van der Waals surface area contributed by atoms with Crippen LogP contribution in [-0.4, -0.2) is 36.4 Å². The van der Waals surface area contributed by atoms with Crippen LogP contribution in [0.2, 0.25) is 0 Å². The monoisotopic (exact) mass is 371 g/mol. The highest BCUT2D eigenvalue weighted by molar-refractivity contribution is 5.99. The molecule has 3 rings (SSSR count). The fourth-order valence-corrected chi connectivity index (χ4v) is 2.38. The molecule has 0 aromatic heterocycles. The number of ether oxygens (including phenoxy) is 3. The SMILES string of the molecule is C/C(=N/NC(=O)COc1ccccc1[N+](=O)[O-])c1ccc2c(c1)OCCO2. The summed E-state index contributed by atoms with van der Waals surface area (Å²) in [5, 5.41) is 14.9. The highest BCUT2D eigenvalue weighted by Gasteiger charge is 2.15. The fourth-order valence-electron chi connectivity index (χ4n) is 2.38. The topological polar surface area (TPSA) is 112 Å². The van der Waals surface area contributed by atoms with E-state index in [0.29, 0.717) is 30.4 Å². The Balaban J connectivity index is 1.59. The van der Waals surface area contributed by atoms with E-state index in [9.17, 15) is 14.9 Å². The number of nitro benzene ring substituents is 1. The molecule has 0 spiro atoms. The summed E-state index contributed by atoms with van der Waals surface area (Å²) in [4.78, 5) is 22.3. The summed E-state index contributed by atoms with van der Waals surface area (Å²) >= 11 is 0. The summed E-state index contributed by atoms with van der Waals surface area (Å²) in [7, 11) is 0. The molecule has 0 saturated heterocycles. The summed E-state index contributed by atoms with van der Waals surface area (Å²) in [5.74, 6) is 0.772. The Kier molecular flexibility index (Phi) is 5.50. The van der Waals surface area contributed by atoms with Crippen LogP contribution in [0, 0.1) is 10.1 Å². The lowest BCUT2D eigenvalue weighted by Crippen LogP contribution is -2.25. The third kappa shape index (κ3) is 4.51. The molecule has 1 amide bonds. The van der Waals surface area contributed by atoms with Crippen molar-refractivity contribution in [3.63, 3.8) is 0 Å². The van der Waals surface area contributed by atoms with E-state index in [0.717, 1.165) is 5.56 Å². The van der Waals surface area contributed by atoms with E-state index in [1.54, 1.807) is 25.1 Å². The van der Waals surface area contributed by atoms with Gasteiger partial charge in [-0.2, -0.15) is 5.10 Å². The smallest absolute Gasteiger partial charge is 0.310 e. The van der Waals surface area contributed by atoms with Gasteiger partial charge in [0, 0.05) is 11.6 Å². The molecule has 0 aliphatic carbocycles. The second-order valence-corrected chi connectivity index (χ2v) is 5.60. The van der Waals surface area contributed by atoms with Crippen LogP contribution in [0.5, 0.6) is 17.2 Å². The predicted molar refractivity (Wildman–Crippen MR) is 96.4 cm³/mol. The number of nitro groups is 1. The van der Waals surface area contributed by atoms with Gasteiger partial charge in [0.25, 0.3) is 5.91 Å². The van der Waals surface area contributed by atoms with Crippen molar-refractivity contribution in [2.45, 2.75) is 6.92 Å². The molecule has 0 radical (unpaired) electrons. The van der Waals surface area contributed by atoms with Gasteiger partial charge in [-0.1, -0.05) is 12.1 Å². The molecule has 0 fully saturated rings. The van der Waals surface area contributed by atoms with Crippen molar-refractivity contribution in [3.8, 4) is 17.2 Å². The molecule has 1 heterocycles. The molecule has 0 atom stereocenters. The van der Waals surface area contributed by atoms with Crippen molar-refractivity contribution in [3.05, 3.63) is 58.1 Å². The Morgan fingerprint density at radius 3 is 2.74 bits per heavy atom. The number of hydrogen-bond acceptors (Lipinski definition) is 7. The largest absolute Gasteiger partial charge is 0.486 e. The van der Waals surface area contributed by atoms with Gasteiger partial charge >= 0.3 is 5.69 Å². The molecule has 27 heavy (non-hydrogen) atoms. The van der Waals surface area contributed by atoms with Gasteiger partial charge in [0.15, 0.2) is 23.9 Å². The van der Waals surface area contributed by atoms with E-state index in [1.807, 2.05) is 6.07 Å². The second-order valence-electron chi connectivity index (χ2n) is 5.60. The number of amides is 1. The van der Waals surface area contributed by atoms with Gasteiger partial charge in [-0.15, -0.1) is 0 Å². The van der Waals surface area contributed by atoms with Gasteiger partial charge in [0.2, 0.25) is 0 Å². The number of nitrogens with one attached hydrogen (secondary N) is 1. The Bertz CT molecular complexity index is 896. The molecule has 9 nitrogen and oxygen atoms in total. The zero-order chi connectivity index (χ0) is 19.2. The molecule has 0 bridgehead atoms. The lowest BCUT2D eigenvalue weighted by Gasteiger charge is -2.18. The number of benzene rings is 2. The predicted octanol–water partition coefficient (Wildman–Crippen LogP) is 2.29. The highest BCUT2D eigenvalue weighted by Crippen LogP contribution is 2.31. The van der Waals surface area contributed by atoms with E-state index in [-0.39, 0.29) is 11.4 Å². The number of carbonyl (C=O) groups is 1. The molecule has 140 valence electrons. The van der Waals surface area contributed by atoms with E-state index in [4.69, 9.17) is 14.2 Å². The first-order valence-corrected chi connectivity index (χ1v) is 8.14. The molecule has 9 heteroatoms. The van der Waals surface area contributed by atoms with Crippen molar-refractivity contribution in [1.82, 2.24) is 5.43 Å². The molecule has 2 aromatic carbocycles. The van der Waals surface area contributed by atoms with Crippen molar-refractivity contribution < 1.29 is 23.9 Å². The summed E-state index contributed by atoms with van der Waals surface area (Å²) in [6.45, 7) is 2.32. The third-order valence-electron chi connectivity index (χ3n) is 3.73. The molecule has 2 aromatic rings. The van der Waals surface area contributed by atoms with Crippen LogP contribution in [0.25, 0.3) is 0 Å². The van der Waals surface area contributed by atoms with Crippen molar-refractivity contribution in [1.29, 1.82) is 0 Å². The van der Waals surface area contributed by atoms with Crippen LogP contribution >= 0.6 is 0 Å². The van der Waals surface area contributed by atoms with Gasteiger partial charge < -0.3 is 14.2 Å². The van der Waals surface area contributed by atoms with Crippen molar-refractivity contribution in [2.24, 2.45) is 5.10 Å². The lowest BCUT2D eigenvalue weighted by molar-refractivity contribution is -0.385. The maximum atomic E-state index is 11.9. The zero-order valence-electron chi connectivity index (χ0n) is 14.5. The number of hydrazone groups is 1. The second kappa shape index (κ2) is 8.17. The number of nitrogens with zero attached hydrogens (tertiary/aromatic N) is 2. The molecule has 0 saturated carbocycles. The Morgan fingerprint density at radius 2 is 1.96 bits per heavy atom. The fraction of sp³-hybridized carbons (Fsp3) is 0.222. The van der Waals surface area contributed by atoms with Crippen LogP contribution in [-0.2, 0) is 4.79 Å². The van der Waals surface area contributed by atoms with Gasteiger partial charge in [0.05, 0.1) is 10.6 Å². The molecule has 1 N–H and O–H groups in total. The van der Waals surface area contributed by atoms with Crippen LogP contribution in [0.1, 0.15) is 12.5 Å². The van der Waals surface area contributed by atoms with Crippen LogP contribution in [0.15, 0.2) is 47.6 Å². The minimum atomic E-state index is -0.572. The number of rotatable bonds is 6. The first-order valence-electron chi connectivity index (χ1n) is 8.14. The maximum absolute atomic E-state index is 11.9. The van der Waals surface area contributed by atoms with E-state index >= 15 is 0 Å². The number of fused-ring (bicyclic) bond motifs is 1. The molecule has 0 unspecified atom stereocenters. The minimum absolute atomic E-state index is 0.0187. The van der Waals surface area contributed by atoms with Gasteiger partial charge in [-0.3, -0.25) is 14.9 Å². The van der Waals surface area contributed by atoms with Crippen molar-refractivity contribution >= 4 is 17.3 Å². The van der Waals surface area contributed by atoms with E-state index in [2.05, 4.69) is 10.5 Å². The summed E-state index contributed by atoms with van der Waals surface area (Å²) < 4.78 is 16.2. The summed E-state index contributed by atoms with van der Waals surface area (Å²) in [6.07, 6.45) is 0. The number of carbonyl (C=O) groups excluding carboxylic acids is 1. The first-order chi connectivity index (χ1) is 13.0. The minimum Gasteiger partial charge on any atom is -0.486 e. The standard InChI is InChI=1S/C18H17N3O6/c1-12(13-6-7-16-17(10-13)26-9-8-25-16)19-20-18(22)11-27-15-5-3-2-4-14(15)21(23)24/h2-7,10H,8-9,11H2,1H3,(H,20,22)/b19-12-. The number of para-hydroxylation sites is 2. The van der Waals surface area contributed by atoms with Crippen molar-refractivity contribution in [2.75, 3.05) is 19.8 Å². The Labute approximate surface area is 154 Å². The third-order valence-corrected chi connectivity index (χ3v) is 3.73. The molecular formula is C18H17N3O6. The van der Waals surface area contributed by atoms with Crippen LogP contribution < -0.4 is 19.6 Å². The normalized spacial score (nSPS) is 13.0. The van der Waals surface area contributed by atoms with Gasteiger partial charge in [-0.25, -0.2) is 5.43 Å². The summed E-state index contributed by atoms with van der Waals surface area (Å²) in [6, 6.07) is 11.2.